The molecule has 0 saturated carbocycles. The highest BCUT2D eigenvalue weighted by atomic mass is 32.1. The first kappa shape index (κ1) is 17.4. The number of nitrogens with zero attached hydrogens (tertiary/aromatic N) is 1. The molecule has 0 aromatic heterocycles. The summed E-state index contributed by atoms with van der Waals surface area (Å²) in [5.41, 5.74) is 2.35. The van der Waals surface area contributed by atoms with E-state index in [1.54, 1.807) is 24.3 Å². The van der Waals surface area contributed by atoms with Gasteiger partial charge in [0.15, 0.2) is 11.7 Å². The Morgan fingerprint density at radius 1 is 1.25 bits per heavy atom. The third-order valence-corrected chi connectivity index (χ3v) is 3.41. The van der Waals surface area contributed by atoms with Crippen LogP contribution in [0.1, 0.15) is 18.1 Å². The van der Waals surface area contributed by atoms with Gasteiger partial charge in [0.25, 0.3) is 5.91 Å². The molecule has 6 heteroatoms. The van der Waals surface area contributed by atoms with Gasteiger partial charge < -0.3 is 10.1 Å². The van der Waals surface area contributed by atoms with Crippen molar-refractivity contribution < 1.29 is 9.53 Å². The minimum absolute atomic E-state index is 0.133. The summed E-state index contributed by atoms with van der Waals surface area (Å²) in [7, 11) is 0. The molecule has 0 atom stereocenters. The van der Waals surface area contributed by atoms with E-state index in [9.17, 15) is 4.79 Å². The number of amides is 1. The maximum atomic E-state index is 11.8. The van der Waals surface area contributed by atoms with E-state index in [2.05, 4.69) is 17.6 Å². The molecule has 0 fully saturated rings. The Hall–Kier alpha value is -2.91. The van der Waals surface area contributed by atoms with Crippen molar-refractivity contribution in [3.05, 3.63) is 59.7 Å². The van der Waals surface area contributed by atoms with E-state index in [0.29, 0.717) is 17.0 Å². The molecule has 2 N–H and O–H groups in total. The molecule has 0 saturated heterocycles. The molecular formula is C18H17N3O2S. The number of nitrogens with one attached hydrogen (secondary N) is 2. The topological polar surface area (TPSA) is 74.2 Å². The Bertz CT molecular complexity index is 767. The van der Waals surface area contributed by atoms with Gasteiger partial charge in [-0.25, -0.2) is 0 Å². The Kier molecular flexibility index (Phi) is 6.29. The number of hydrogen-bond acceptors (Lipinski definition) is 4. The highest BCUT2D eigenvalue weighted by Crippen LogP contribution is 2.12. The van der Waals surface area contributed by atoms with Crippen molar-refractivity contribution in [3.63, 3.8) is 0 Å². The fraction of sp³-hybridized carbons (Fsp3) is 0.167. The third kappa shape index (κ3) is 5.38. The van der Waals surface area contributed by atoms with Gasteiger partial charge in [0.1, 0.15) is 5.75 Å². The molecule has 0 aliphatic rings. The van der Waals surface area contributed by atoms with E-state index in [-0.39, 0.29) is 17.6 Å². The Labute approximate surface area is 146 Å². The van der Waals surface area contributed by atoms with Crippen LogP contribution in [0.4, 0.5) is 5.69 Å². The molecule has 0 bridgehead atoms. The summed E-state index contributed by atoms with van der Waals surface area (Å²) >= 11 is 5.07. The Morgan fingerprint density at radius 2 is 2.00 bits per heavy atom. The number of aryl methyl sites for hydroxylation is 1. The number of ether oxygens (including phenoxy) is 1. The molecule has 24 heavy (non-hydrogen) atoms. The van der Waals surface area contributed by atoms with Crippen molar-refractivity contribution in [2.45, 2.75) is 13.3 Å². The number of rotatable bonds is 5. The lowest BCUT2D eigenvalue weighted by Crippen LogP contribution is -2.37. The van der Waals surface area contributed by atoms with Gasteiger partial charge >= 0.3 is 0 Å². The van der Waals surface area contributed by atoms with Gasteiger partial charge in [-0.3, -0.25) is 10.1 Å². The van der Waals surface area contributed by atoms with Gasteiger partial charge in [-0.05, 0) is 54.5 Å². The standard InChI is InChI=1S/C18H17N3O2S/c1-2-13-6-8-16(9-7-13)23-12-17(22)21-18(24)20-15-5-3-4-14(10-15)11-19/h3-10H,2,12H2,1H3,(H2,20,21,22,24). The van der Waals surface area contributed by atoms with E-state index in [4.69, 9.17) is 22.2 Å². The minimum atomic E-state index is -0.358. The number of carbonyl (C=O) groups excluding carboxylic acids is 1. The Morgan fingerprint density at radius 3 is 2.67 bits per heavy atom. The summed E-state index contributed by atoms with van der Waals surface area (Å²) < 4.78 is 5.41. The summed E-state index contributed by atoms with van der Waals surface area (Å²) in [5, 5.41) is 14.4. The van der Waals surface area contributed by atoms with Gasteiger partial charge in [0, 0.05) is 5.69 Å². The second kappa shape index (κ2) is 8.65. The fourth-order valence-electron chi connectivity index (χ4n) is 1.96. The van der Waals surface area contributed by atoms with Crippen LogP contribution in [0.15, 0.2) is 48.5 Å². The normalized spacial score (nSPS) is 9.67. The summed E-state index contributed by atoms with van der Waals surface area (Å²) in [4.78, 5) is 11.8. The van der Waals surface area contributed by atoms with Gasteiger partial charge in [-0.2, -0.15) is 5.26 Å². The van der Waals surface area contributed by atoms with Crippen LogP contribution in [0.25, 0.3) is 0 Å². The zero-order chi connectivity index (χ0) is 17.4. The molecule has 0 unspecified atom stereocenters. The van der Waals surface area contributed by atoms with Crippen molar-refractivity contribution in [1.82, 2.24) is 5.32 Å². The number of anilines is 1. The second-order valence-electron chi connectivity index (χ2n) is 4.98. The van der Waals surface area contributed by atoms with Crippen molar-refractivity contribution in [2.75, 3.05) is 11.9 Å². The molecule has 122 valence electrons. The van der Waals surface area contributed by atoms with E-state index >= 15 is 0 Å². The third-order valence-electron chi connectivity index (χ3n) is 3.20. The van der Waals surface area contributed by atoms with Gasteiger partial charge in [0.05, 0.1) is 11.6 Å². The number of thiocarbonyl (C=S) groups is 1. The van der Waals surface area contributed by atoms with E-state index in [0.717, 1.165) is 6.42 Å². The largest absolute Gasteiger partial charge is 0.484 e. The lowest BCUT2D eigenvalue weighted by molar-refractivity contribution is -0.121. The monoisotopic (exact) mass is 339 g/mol. The average molecular weight is 339 g/mol. The van der Waals surface area contributed by atoms with Crippen LogP contribution in [-0.4, -0.2) is 17.6 Å². The molecule has 2 rings (SSSR count). The summed E-state index contributed by atoms with van der Waals surface area (Å²) in [6.07, 6.45) is 0.952. The number of carbonyl (C=O) groups is 1. The zero-order valence-electron chi connectivity index (χ0n) is 13.2. The SMILES string of the molecule is CCc1ccc(OCC(=O)NC(=S)Nc2cccc(C#N)c2)cc1. The smallest absolute Gasteiger partial charge is 0.264 e. The highest BCUT2D eigenvalue weighted by molar-refractivity contribution is 7.80. The van der Waals surface area contributed by atoms with Crippen LogP contribution < -0.4 is 15.4 Å². The van der Waals surface area contributed by atoms with Gasteiger partial charge in [-0.15, -0.1) is 0 Å². The van der Waals surface area contributed by atoms with E-state index in [1.165, 1.54) is 5.56 Å². The minimum Gasteiger partial charge on any atom is -0.484 e. The summed E-state index contributed by atoms with van der Waals surface area (Å²) in [6, 6.07) is 16.4. The quantitative estimate of drug-likeness (QED) is 0.819. The first-order valence-electron chi connectivity index (χ1n) is 7.43. The van der Waals surface area contributed by atoms with Crippen molar-refractivity contribution in [1.29, 1.82) is 5.26 Å². The first-order valence-corrected chi connectivity index (χ1v) is 7.84. The van der Waals surface area contributed by atoms with Gasteiger partial charge in [0.2, 0.25) is 0 Å². The average Bonchev–Trinajstić information content (AvgIpc) is 2.60. The molecule has 5 nitrogen and oxygen atoms in total. The molecule has 0 aliphatic heterocycles. The van der Waals surface area contributed by atoms with Crippen molar-refractivity contribution in [3.8, 4) is 11.8 Å². The lowest BCUT2D eigenvalue weighted by Gasteiger charge is -2.10. The highest BCUT2D eigenvalue weighted by Gasteiger charge is 2.06. The van der Waals surface area contributed by atoms with Crippen LogP contribution >= 0.6 is 12.2 Å². The molecule has 0 radical (unpaired) electrons. The number of nitriles is 1. The molecule has 0 heterocycles. The zero-order valence-corrected chi connectivity index (χ0v) is 14.0. The van der Waals surface area contributed by atoms with E-state index < -0.39 is 0 Å². The van der Waals surface area contributed by atoms with Crippen LogP contribution in [0.5, 0.6) is 5.75 Å². The van der Waals surface area contributed by atoms with Crippen LogP contribution in [0.3, 0.4) is 0 Å². The second-order valence-corrected chi connectivity index (χ2v) is 5.39. The molecule has 2 aromatic carbocycles. The molecule has 2 aromatic rings. The van der Waals surface area contributed by atoms with E-state index in [1.807, 2.05) is 30.3 Å². The molecule has 0 aliphatic carbocycles. The predicted octanol–water partition coefficient (Wildman–Crippen LogP) is 3.01. The van der Waals surface area contributed by atoms with Crippen LogP contribution in [0, 0.1) is 11.3 Å². The maximum Gasteiger partial charge on any atom is 0.264 e. The fourth-order valence-corrected chi connectivity index (χ4v) is 2.19. The number of hydrogen-bond donors (Lipinski definition) is 2. The summed E-state index contributed by atoms with van der Waals surface area (Å²) in [6.45, 7) is 1.94. The molecular weight excluding hydrogens is 322 g/mol. The van der Waals surface area contributed by atoms with Gasteiger partial charge in [-0.1, -0.05) is 25.1 Å². The Balaban J connectivity index is 1.80. The van der Waals surface area contributed by atoms with Crippen molar-refractivity contribution >= 4 is 28.9 Å². The summed E-state index contributed by atoms with van der Waals surface area (Å²) in [5.74, 6) is 0.270. The van der Waals surface area contributed by atoms with Crippen LogP contribution in [-0.2, 0) is 11.2 Å². The first-order chi connectivity index (χ1) is 11.6. The molecule has 0 spiro atoms. The van der Waals surface area contributed by atoms with Crippen molar-refractivity contribution in [2.24, 2.45) is 0 Å². The predicted molar refractivity (Wildman–Crippen MR) is 96.8 cm³/mol. The van der Waals surface area contributed by atoms with Crippen LogP contribution in [0.2, 0.25) is 0 Å². The number of benzene rings is 2. The lowest BCUT2D eigenvalue weighted by atomic mass is 10.2. The molecule has 1 amide bonds. The maximum absolute atomic E-state index is 11.8.